The van der Waals surface area contributed by atoms with Crippen molar-refractivity contribution in [3.63, 3.8) is 0 Å². The minimum atomic E-state index is -0.135. The molecule has 7 nitrogen and oxygen atoms in total. The van der Waals surface area contributed by atoms with Crippen molar-refractivity contribution in [1.29, 1.82) is 0 Å². The van der Waals surface area contributed by atoms with Crippen molar-refractivity contribution in [3.8, 4) is 0 Å². The van der Waals surface area contributed by atoms with Crippen LogP contribution in [-0.4, -0.2) is 45.7 Å². The molecule has 2 aromatic rings. The maximum atomic E-state index is 11.5. The molecule has 0 saturated carbocycles. The minimum Gasteiger partial charge on any atom is -0.394 e. The van der Waals surface area contributed by atoms with E-state index in [-0.39, 0.29) is 29.8 Å². The number of nitrogens with zero attached hydrogens (tertiary/aromatic N) is 4. The minimum absolute atomic E-state index is 0.00568. The smallest absolute Gasteiger partial charge is 0.227 e. The number of aromatic nitrogens is 3. The molecular weight excluding hydrogens is 390 g/mol. The molecule has 1 aromatic carbocycles. The van der Waals surface area contributed by atoms with E-state index in [4.69, 9.17) is 11.6 Å². The highest BCUT2D eigenvalue weighted by Gasteiger charge is 2.15. The predicted octanol–water partition coefficient (Wildman–Crippen LogP) is 3.67. The molecule has 0 bridgehead atoms. The van der Waals surface area contributed by atoms with Gasteiger partial charge in [-0.1, -0.05) is 32.9 Å². The normalized spacial score (nSPS) is 13.2. The lowest BCUT2D eigenvalue weighted by molar-refractivity contribution is -0.116. The van der Waals surface area contributed by atoms with Gasteiger partial charge in [0.2, 0.25) is 17.1 Å². The topological polar surface area (TPSA) is 91.2 Å². The summed E-state index contributed by atoms with van der Waals surface area (Å²) in [6, 6.07) is 7.73. The van der Waals surface area contributed by atoms with Crippen molar-refractivity contribution in [3.05, 3.63) is 40.9 Å². The van der Waals surface area contributed by atoms with E-state index in [1.165, 1.54) is 6.92 Å². The number of aliphatic hydroxyl groups is 1. The summed E-state index contributed by atoms with van der Waals surface area (Å²) >= 11 is 6.09. The zero-order valence-corrected chi connectivity index (χ0v) is 18.4. The van der Waals surface area contributed by atoms with Crippen LogP contribution in [0, 0.1) is 5.92 Å². The number of hydrogen-bond donors (Lipinski definition) is 2. The molecule has 1 amide bonds. The van der Waals surface area contributed by atoms with E-state index in [1.807, 2.05) is 24.3 Å². The third kappa shape index (κ3) is 6.94. The average molecular weight is 420 g/mol. The van der Waals surface area contributed by atoms with Crippen molar-refractivity contribution in [2.24, 2.45) is 5.92 Å². The van der Waals surface area contributed by atoms with E-state index in [2.05, 4.69) is 41.0 Å². The summed E-state index contributed by atoms with van der Waals surface area (Å²) in [5.74, 6) is 1.55. The monoisotopic (exact) mass is 419 g/mol. The summed E-state index contributed by atoms with van der Waals surface area (Å²) in [5, 5.41) is 12.9. The summed E-state index contributed by atoms with van der Waals surface area (Å²) < 4.78 is 0. The molecule has 0 radical (unpaired) electrons. The number of carbonyl (C=O) groups excluding carboxylic acids is 1. The lowest BCUT2D eigenvalue weighted by Crippen LogP contribution is -2.27. The van der Waals surface area contributed by atoms with Gasteiger partial charge in [-0.2, -0.15) is 9.97 Å². The van der Waals surface area contributed by atoms with E-state index < -0.39 is 0 Å². The first-order chi connectivity index (χ1) is 13.7. The Bertz CT molecular complexity index is 813. The lowest BCUT2D eigenvalue weighted by atomic mass is 9.97. The highest BCUT2D eigenvalue weighted by atomic mass is 35.5. The Morgan fingerprint density at radius 2 is 1.83 bits per heavy atom. The molecule has 1 aromatic heterocycles. The van der Waals surface area contributed by atoms with E-state index in [0.717, 1.165) is 17.7 Å². The zero-order chi connectivity index (χ0) is 21.6. The van der Waals surface area contributed by atoms with Crippen LogP contribution in [-0.2, 0) is 11.2 Å². The summed E-state index contributed by atoms with van der Waals surface area (Å²) in [5.41, 5.74) is 1.97. The molecule has 0 aliphatic heterocycles. The number of amides is 1. The lowest BCUT2D eigenvalue weighted by Gasteiger charge is -2.19. The Kier molecular flexibility index (Phi) is 8.34. The maximum absolute atomic E-state index is 11.5. The van der Waals surface area contributed by atoms with Crippen LogP contribution in [0.4, 0.5) is 11.6 Å². The molecule has 2 N–H and O–H groups in total. The van der Waals surface area contributed by atoms with Gasteiger partial charge in [0.05, 0.1) is 12.6 Å². The van der Waals surface area contributed by atoms with Gasteiger partial charge in [0.1, 0.15) is 5.82 Å². The van der Waals surface area contributed by atoms with Crippen LogP contribution in [0.1, 0.15) is 51.4 Å². The average Bonchev–Trinajstić information content (AvgIpc) is 2.66. The van der Waals surface area contributed by atoms with Crippen molar-refractivity contribution in [2.75, 3.05) is 23.9 Å². The molecule has 2 atom stereocenters. The Balaban J connectivity index is 2.10. The molecular formula is C21H30ClN5O2. The number of benzene rings is 1. The van der Waals surface area contributed by atoms with Gasteiger partial charge in [0.25, 0.3) is 0 Å². The van der Waals surface area contributed by atoms with Crippen LogP contribution < -0.4 is 10.2 Å². The number of halogens is 1. The van der Waals surface area contributed by atoms with Crippen molar-refractivity contribution in [2.45, 2.75) is 52.5 Å². The highest BCUT2D eigenvalue weighted by Crippen LogP contribution is 2.23. The largest absolute Gasteiger partial charge is 0.394 e. The van der Waals surface area contributed by atoms with Crippen LogP contribution in [0.2, 0.25) is 5.28 Å². The van der Waals surface area contributed by atoms with Gasteiger partial charge >= 0.3 is 0 Å². The predicted molar refractivity (Wildman–Crippen MR) is 116 cm³/mol. The van der Waals surface area contributed by atoms with Crippen molar-refractivity contribution < 1.29 is 9.90 Å². The second-order valence-electron chi connectivity index (χ2n) is 7.77. The zero-order valence-electron chi connectivity index (χ0n) is 17.7. The first-order valence-corrected chi connectivity index (χ1v) is 10.2. The van der Waals surface area contributed by atoms with E-state index in [1.54, 1.807) is 11.9 Å². The van der Waals surface area contributed by atoms with Crippen LogP contribution in [0.3, 0.4) is 0 Å². The van der Waals surface area contributed by atoms with Gasteiger partial charge in [-0.05, 0) is 47.6 Å². The van der Waals surface area contributed by atoms with Crippen LogP contribution in [0.5, 0.6) is 0 Å². The number of aliphatic hydroxyl groups excluding tert-OH is 1. The van der Waals surface area contributed by atoms with Gasteiger partial charge in [-0.15, -0.1) is 0 Å². The molecule has 2 rings (SSSR count). The Morgan fingerprint density at radius 1 is 1.17 bits per heavy atom. The summed E-state index contributed by atoms with van der Waals surface area (Å²) in [7, 11) is 1.75. The van der Waals surface area contributed by atoms with E-state index in [0.29, 0.717) is 24.1 Å². The number of carbonyl (C=O) groups is 1. The molecule has 0 spiro atoms. The molecule has 1 heterocycles. The van der Waals surface area contributed by atoms with Crippen molar-refractivity contribution >= 4 is 29.1 Å². The molecule has 1 unspecified atom stereocenters. The standard InChI is InChI=1S/C21H30ClN5O2/c1-13(2)10-17(12-28)23-21-25-19(24-20(22)26-21)11-14(3)16-6-8-18(9-7-16)27(5)15(4)29/h6-9,13-14,17,28H,10-12H2,1-5H3,(H,23,24,25,26)/t14?,17-/m1/s1. The Morgan fingerprint density at radius 3 is 2.38 bits per heavy atom. The number of anilines is 2. The van der Waals surface area contributed by atoms with E-state index in [9.17, 15) is 9.90 Å². The van der Waals surface area contributed by atoms with Crippen LogP contribution in [0.15, 0.2) is 24.3 Å². The fraction of sp³-hybridized carbons (Fsp3) is 0.524. The van der Waals surface area contributed by atoms with Gasteiger partial charge in [0.15, 0.2) is 0 Å². The molecule has 8 heteroatoms. The number of hydrogen-bond acceptors (Lipinski definition) is 6. The quantitative estimate of drug-likeness (QED) is 0.644. The molecule has 0 aliphatic rings. The van der Waals surface area contributed by atoms with Gasteiger partial charge < -0.3 is 15.3 Å². The second-order valence-corrected chi connectivity index (χ2v) is 8.11. The maximum Gasteiger partial charge on any atom is 0.227 e. The molecule has 0 fully saturated rings. The molecule has 29 heavy (non-hydrogen) atoms. The fourth-order valence-electron chi connectivity index (χ4n) is 3.08. The fourth-order valence-corrected chi connectivity index (χ4v) is 3.26. The Hall–Kier alpha value is -2.25. The Labute approximate surface area is 177 Å². The van der Waals surface area contributed by atoms with Crippen molar-refractivity contribution in [1.82, 2.24) is 15.0 Å². The number of rotatable bonds is 9. The van der Waals surface area contributed by atoms with Crippen LogP contribution >= 0.6 is 11.6 Å². The van der Waals surface area contributed by atoms with Gasteiger partial charge in [-0.25, -0.2) is 4.98 Å². The summed E-state index contributed by atoms with van der Waals surface area (Å²) in [4.78, 5) is 26.0. The first-order valence-electron chi connectivity index (χ1n) is 9.81. The van der Waals surface area contributed by atoms with Gasteiger partial charge in [0, 0.05) is 26.1 Å². The highest BCUT2D eigenvalue weighted by molar-refractivity contribution is 6.28. The second kappa shape index (κ2) is 10.5. The van der Waals surface area contributed by atoms with Gasteiger partial charge in [-0.3, -0.25) is 4.79 Å². The third-order valence-corrected chi connectivity index (χ3v) is 4.94. The first kappa shape index (κ1) is 23.0. The number of nitrogens with one attached hydrogen (secondary N) is 1. The van der Waals surface area contributed by atoms with Crippen LogP contribution in [0.25, 0.3) is 0 Å². The SMILES string of the molecule is CC(=O)N(C)c1ccc(C(C)Cc2nc(Cl)nc(N[C@@H](CO)CC(C)C)n2)cc1. The van der Waals surface area contributed by atoms with E-state index >= 15 is 0 Å². The summed E-state index contributed by atoms with van der Waals surface area (Å²) in [6.07, 6.45) is 1.39. The summed E-state index contributed by atoms with van der Waals surface area (Å²) in [6.45, 7) is 7.81. The molecule has 158 valence electrons. The molecule has 0 saturated heterocycles. The molecule has 0 aliphatic carbocycles. The third-order valence-electron chi connectivity index (χ3n) is 4.77.